The molecular weight excluding hydrogens is 378 g/mol. The second-order valence-electron chi connectivity index (χ2n) is 6.63. The zero-order valence-corrected chi connectivity index (χ0v) is 16.4. The first-order valence-corrected chi connectivity index (χ1v) is 10.2. The Hall–Kier alpha value is -1.19. The minimum atomic E-state index is -3.58. The first-order chi connectivity index (χ1) is 12.0. The molecule has 0 spiro atoms. The Kier molecular flexibility index (Phi) is 7.42. The van der Waals surface area contributed by atoms with E-state index in [-0.39, 0.29) is 35.2 Å². The van der Waals surface area contributed by atoms with Gasteiger partial charge in [0.2, 0.25) is 10.0 Å². The Morgan fingerprint density at radius 2 is 1.88 bits per heavy atom. The van der Waals surface area contributed by atoms with Gasteiger partial charge in [0.1, 0.15) is 0 Å². The Balaban J connectivity index is 0.00000243. The van der Waals surface area contributed by atoms with E-state index in [4.69, 9.17) is 4.74 Å². The van der Waals surface area contributed by atoms with Crippen LogP contribution in [0.2, 0.25) is 0 Å². The van der Waals surface area contributed by atoms with E-state index >= 15 is 0 Å². The zero-order chi connectivity index (χ0) is 17.9. The van der Waals surface area contributed by atoms with Crippen LogP contribution in [0, 0.1) is 5.92 Å². The van der Waals surface area contributed by atoms with Crippen LogP contribution in [0.3, 0.4) is 0 Å². The molecular formula is C17H26ClN3O4S. The molecule has 26 heavy (non-hydrogen) atoms. The van der Waals surface area contributed by atoms with Gasteiger partial charge in [-0.25, -0.2) is 13.1 Å². The van der Waals surface area contributed by atoms with Crippen LogP contribution >= 0.6 is 12.4 Å². The molecule has 2 atom stereocenters. The van der Waals surface area contributed by atoms with Crippen LogP contribution in [0.25, 0.3) is 0 Å². The summed E-state index contributed by atoms with van der Waals surface area (Å²) < 4.78 is 33.2. The second-order valence-corrected chi connectivity index (χ2v) is 8.34. The molecule has 2 N–H and O–H groups in total. The van der Waals surface area contributed by atoms with Gasteiger partial charge in [-0.15, -0.1) is 12.4 Å². The Labute approximate surface area is 160 Å². The van der Waals surface area contributed by atoms with Gasteiger partial charge >= 0.3 is 0 Å². The molecule has 1 aromatic carbocycles. The molecule has 1 amide bonds. The summed E-state index contributed by atoms with van der Waals surface area (Å²) in [6.45, 7) is 5.85. The highest BCUT2D eigenvalue weighted by Gasteiger charge is 2.27. The molecule has 0 radical (unpaired) electrons. The first kappa shape index (κ1) is 21.1. The predicted octanol–water partition coefficient (Wildman–Crippen LogP) is 0.857. The van der Waals surface area contributed by atoms with Crippen molar-refractivity contribution in [2.45, 2.75) is 24.3 Å². The molecule has 2 aliphatic heterocycles. The molecule has 7 nitrogen and oxygen atoms in total. The van der Waals surface area contributed by atoms with Gasteiger partial charge in [0, 0.05) is 24.7 Å². The molecule has 9 heteroatoms. The van der Waals surface area contributed by atoms with Crippen LogP contribution in [0.15, 0.2) is 29.2 Å². The van der Waals surface area contributed by atoms with Crippen molar-refractivity contribution in [2.75, 3.05) is 39.4 Å². The van der Waals surface area contributed by atoms with E-state index in [1.807, 2.05) is 6.92 Å². The minimum absolute atomic E-state index is 0. The molecule has 0 aromatic heterocycles. The molecule has 0 saturated carbocycles. The second kappa shape index (κ2) is 9.14. The molecule has 2 unspecified atom stereocenters. The average Bonchev–Trinajstić information content (AvgIpc) is 2.64. The maximum absolute atomic E-state index is 12.6. The Bertz CT molecular complexity index is 705. The highest BCUT2D eigenvalue weighted by Crippen LogP contribution is 2.17. The third-order valence-electron chi connectivity index (χ3n) is 4.80. The number of carbonyl (C=O) groups is 1. The number of ether oxygens (including phenoxy) is 1. The summed E-state index contributed by atoms with van der Waals surface area (Å²) in [4.78, 5) is 14.3. The molecule has 3 rings (SSSR count). The average molecular weight is 404 g/mol. The van der Waals surface area contributed by atoms with Crippen LogP contribution in [0.1, 0.15) is 23.7 Å². The molecule has 2 aliphatic rings. The number of amides is 1. The van der Waals surface area contributed by atoms with Gasteiger partial charge in [-0.05, 0) is 49.7 Å². The first-order valence-electron chi connectivity index (χ1n) is 8.67. The lowest BCUT2D eigenvalue weighted by molar-refractivity contribution is 0.0303. The topological polar surface area (TPSA) is 87.7 Å². The molecule has 2 heterocycles. The van der Waals surface area contributed by atoms with E-state index in [1.54, 1.807) is 17.0 Å². The molecule has 0 bridgehead atoms. The largest absolute Gasteiger partial charge is 0.378 e. The quantitative estimate of drug-likeness (QED) is 0.778. The van der Waals surface area contributed by atoms with E-state index < -0.39 is 10.0 Å². The molecule has 2 saturated heterocycles. The summed E-state index contributed by atoms with van der Waals surface area (Å²) in [6.07, 6.45) is 0.772. The van der Waals surface area contributed by atoms with E-state index in [2.05, 4.69) is 10.0 Å². The number of nitrogens with zero attached hydrogens (tertiary/aromatic N) is 1. The van der Waals surface area contributed by atoms with Crippen molar-refractivity contribution in [2.24, 2.45) is 5.92 Å². The number of hydrogen-bond donors (Lipinski definition) is 2. The van der Waals surface area contributed by atoms with Crippen LogP contribution in [-0.4, -0.2) is 64.7 Å². The van der Waals surface area contributed by atoms with Crippen molar-refractivity contribution >= 4 is 28.3 Å². The van der Waals surface area contributed by atoms with Crippen molar-refractivity contribution in [3.05, 3.63) is 29.8 Å². The number of nitrogens with one attached hydrogen (secondary N) is 2. The number of rotatable bonds is 4. The van der Waals surface area contributed by atoms with Crippen molar-refractivity contribution in [3.8, 4) is 0 Å². The fourth-order valence-corrected chi connectivity index (χ4v) is 4.56. The Morgan fingerprint density at radius 3 is 2.50 bits per heavy atom. The lowest BCUT2D eigenvalue weighted by atomic mass is 9.97. The molecule has 1 aromatic rings. The van der Waals surface area contributed by atoms with Gasteiger partial charge in [-0.2, -0.15) is 0 Å². The minimum Gasteiger partial charge on any atom is -0.378 e. The number of benzene rings is 1. The lowest BCUT2D eigenvalue weighted by Crippen LogP contribution is -2.48. The summed E-state index contributed by atoms with van der Waals surface area (Å²) >= 11 is 0. The van der Waals surface area contributed by atoms with Gasteiger partial charge in [0.25, 0.3) is 5.91 Å². The van der Waals surface area contributed by atoms with Crippen LogP contribution in [0.4, 0.5) is 0 Å². The lowest BCUT2D eigenvalue weighted by Gasteiger charge is -2.30. The number of hydrogen-bond acceptors (Lipinski definition) is 5. The maximum atomic E-state index is 12.6. The van der Waals surface area contributed by atoms with E-state index in [9.17, 15) is 13.2 Å². The van der Waals surface area contributed by atoms with Gasteiger partial charge in [-0.3, -0.25) is 4.79 Å². The zero-order valence-electron chi connectivity index (χ0n) is 14.8. The van der Waals surface area contributed by atoms with Crippen molar-refractivity contribution in [3.63, 3.8) is 0 Å². The Morgan fingerprint density at radius 1 is 1.23 bits per heavy atom. The van der Waals surface area contributed by atoms with Crippen molar-refractivity contribution < 1.29 is 17.9 Å². The fraction of sp³-hybridized carbons (Fsp3) is 0.588. The smallest absolute Gasteiger partial charge is 0.254 e. The number of sulfonamides is 1. The standard InChI is InChI=1S/C17H25N3O4S.ClH/c1-13-12-18-7-6-16(13)19-25(22,23)15-4-2-14(3-5-15)17(21)20-8-10-24-11-9-20;/h2-5,13,16,18-19H,6-12H2,1H3;1H. The number of halogens is 1. The van der Waals surface area contributed by atoms with Gasteiger partial charge in [0.15, 0.2) is 0 Å². The van der Waals surface area contributed by atoms with E-state index in [0.29, 0.717) is 31.9 Å². The van der Waals surface area contributed by atoms with Crippen LogP contribution < -0.4 is 10.0 Å². The van der Waals surface area contributed by atoms with Crippen molar-refractivity contribution in [1.29, 1.82) is 0 Å². The monoisotopic (exact) mass is 403 g/mol. The fourth-order valence-electron chi connectivity index (χ4n) is 3.18. The summed E-state index contributed by atoms with van der Waals surface area (Å²) in [5.41, 5.74) is 0.496. The van der Waals surface area contributed by atoms with Crippen molar-refractivity contribution in [1.82, 2.24) is 14.9 Å². The summed E-state index contributed by atoms with van der Waals surface area (Å²) in [5, 5.41) is 3.26. The van der Waals surface area contributed by atoms with Gasteiger partial charge < -0.3 is 15.0 Å². The number of carbonyl (C=O) groups excluding carboxylic acids is 1. The molecule has 2 fully saturated rings. The van der Waals surface area contributed by atoms with E-state index in [1.165, 1.54) is 12.1 Å². The maximum Gasteiger partial charge on any atom is 0.254 e. The molecule has 146 valence electrons. The van der Waals surface area contributed by atoms with Gasteiger partial charge in [0.05, 0.1) is 18.1 Å². The summed E-state index contributed by atoms with van der Waals surface area (Å²) in [5.74, 6) is 0.151. The molecule has 0 aliphatic carbocycles. The number of piperidine rings is 1. The van der Waals surface area contributed by atoms with Gasteiger partial charge in [-0.1, -0.05) is 6.92 Å². The van der Waals surface area contributed by atoms with Crippen LogP contribution in [-0.2, 0) is 14.8 Å². The third kappa shape index (κ3) is 4.95. The summed E-state index contributed by atoms with van der Waals surface area (Å²) in [7, 11) is -3.58. The number of morpholine rings is 1. The normalized spacial score (nSPS) is 24.0. The highest BCUT2D eigenvalue weighted by molar-refractivity contribution is 7.89. The SMILES string of the molecule is CC1CNCCC1NS(=O)(=O)c1ccc(C(=O)N2CCOCC2)cc1.Cl. The van der Waals surface area contributed by atoms with Crippen LogP contribution in [0.5, 0.6) is 0 Å². The summed E-state index contributed by atoms with van der Waals surface area (Å²) in [6, 6.07) is 6.10. The predicted molar refractivity (Wildman–Crippen MR) is 101 cm³/mol. The third-order valence-corrected chi connectivity index (χ3v) is 6.31. The van der Waals surface area contributed by atoms with E-state index in [0.717, 1.165) is 19.5 Å². The highest BCUT2D eigenvalue weighted by atomic mass is 35.5.